The van der Waals surface area contributed by atoms with Crippen LogP contribution in [0.15, 0.2) is 32.6 Å². The first kappa shape index (κ1) is 23.6. The lowest BCUT2D eigenvalue weighted by molar-refractivity contribution is 0.0940. The van der Waals surface area contributed by atoms with Crippen LogP contribution < -0.4 is 32.4 Å². The van der Waals surface area contributed by atoms with Crippen LogP contribution in [-0.2, 0) is 32.4 Å². The summed E-state index contributed by atoms with van der Waals surface area (Å²) >= 11 is 1.53. The van der Waals surface area contributed by atoms with Crippen molar-refractivity contribution < 1.29 is 4.79 Å². The predicted octanol–water partition coefficient (Wildman–Crippen LogP) is 2.31. The van der Waals surface area contributed by atoms with Crippen LogP contribution in [0.1, 0.15) is 63.4 Å². The Labute approximate surface area is 216 Å². The molecular formula is C27H27N5O4S. The summed E-state index contributed by atoms with van der Waals surface area (Å²) in [4.78, 5) is 60.2. The van der Waals surface area contributed by atoms with Gasteiger partial charge in [0.2, 0.25) is 5.82 Å². The average Bonchev–Trinajstić information content (AvgIpc) is 3.23. The molecule has 9 nitrogen and oxygen atoms in total. The summed E-state index contributed by atoms with van der Waals surface area (Å²) in [5, 5.41) is 3.50. The topological polar surface area (TPSA) is 138 Å². The number of rotatable bonds is 4. The van der Waals surface area contributed by atoms with Crippen LogP contribution in [0, 0.1) is 0 Å². The molecule has 1 amide bonds. The molecule has 0 fully saturated rings. The van der Waals surface area contributed by atoms with E-state index in [1.54, 1.807) is 0 Å². The highest BCUT2D eigenvalue weighted by Crippen LogP contribution is 2.32. The van der Waals surface area contributed by atoms with Crippen molar-refractivity contribution in [2.45, 2.75) is 58.0 Å². The number of carbonyl (C=O) groups is 1. The largest absolute Gasteiger partial charge is 0.394 e. The Hall–Kier alpha value is -3.79. The minimum absolute atomic E-state index is 0.0198. The van der Waals surface area contributed by atoms with E-state index in [1.807, 2.05) is 23.1 Å². The van der Waals surface area contributed by atoms with Gasteiger partial charge in [0.15, 0.2) is 0 Å². The zero-order valence-electron chi connectivity index (χ0n) is 20.3. The number of hydrogen-bond donors (Lipinski definition) is 3. The molecule has 2 aromatic carbocycles. The second-order valence-corrected chi connectivity index (χ2v) is 11.0. The number of nitrogens with two attached hydrogens (primary N) is 1. The van der Waals surface area contributed by atoms with E-state index in [9.17, 15) is 19.2 Å². The van der Waals surface area contributed by atoms with Crippen LogP contribution in [-0.4, -0.2) is 22.4 Å². The maximum atomic E-state index is 12.9. The highest BCUT2D eigenvalue weighted by Gasteiger charge is 2.27. The molecule has 1 aliphatic carbocycles. The quantitative estimate of drug-likeness (QED) is 0.353. The molecule has 10 heteroatoms. The van der Waals surface area contributed by atoms with Crippen LogP contribution >= 0.6 is 11.3 Å². The molecule has 0 spiro atoms. The van der Waals surface area contributed by atoms with Crippen molar-refractivity contribution in [1.29, 1.82) is 0 Å². The molecule has 4 N–H and O–H groups in total. The van der Waals surface area contributed by atoms with Gasteiger partial charge in [-0.3, -0.25) is 19.2 Å². The molecule has 0 radical (unpaired) electrons. The molecule has 0 atom stereocenters. The Bertz CT molecular complexity index is 1680. The van der Waals surface area contributed by atoms with Crippen LogP contribution in [0.3, 0.4) is 0 Å². The van der Waals surface area contributed by atoms with Crippen molar-refractivity contribution in [1.82, 2.24) is 15.3 Å². The van der Waals surface area contributed by atoms with Gasteiger partial charge in [-0.2, -0.15) is 0 Å². The van der Waals surface area contributed by atoms with Crippen molar-refractivity contribution in [3.8, 4) is 0 Å². The predicted molar refractivity (Wildman–Crippen MR) is 144 cm³/mol. The molecule has 190 valence electrons. The van der Waals surface area contributed by atoms with Gasteiger partial charge in [0.1, 0.15) is 16.2 Å². The molecule has 0 saturated carbocycles. The molecule has 0 saturated heterocycles. The monoisotopic (exact) mass is 517 g/mol. The SMILES string of the molecule is Nc1c(N2CCc3ccc(CNC(=O)c4nc5sc6c(c5c(=O)[nH]4)CCCCCC6)cc3C2)c(=O)c1=O. The van der Waals surface area contributed by atoms with Crippen molar-refractivity contribution in [3.05, 3.63) is 82.0 Å². The average molecular weight is 518 g/mol. The number of hydrogen-bond acceptors (Lipinski definition) is 8. The Morgan fingerprint density at radius 3 is 2.68 bits per heavy atom. The third kappa shape index (κ3) is 4.15. The summed E-state index contributed by atoms with van der Waals surface area (Å²) in [6.45, 7) is 1.35. The van der Waals surface area contributed by atoms with Gasteiger partial charge in [0.05, 0.1) is 5.39 Å². The summed E-state index contributed by atoms with van der Waals surface area (Å²) in [7, 11) is 0. The molecule has 37 heavy (non-hydrogen) atoms. The van der Waals surface area contributed by atoms with Crippen molar-refractivity contribution in [2.75, 3.05) is 17.2 Å². The number of nitrogens with one attached hydrogen (secondary N) is 2. The second-order valence-electron chi connectivity index (χ2n) is 9.89. The Balaban J connectivity index is 1.18. The van der Waals surface area contributed by atoms with Gasteiger partial charge in [0.25, 0.3) is 22.3 Å². The van der Waals surface area contributed by atoms with Gasteiger partial charge in [-0.15, -0.1) is 11.3 Å². The first-order valence-corrected chi connectivity index (χ1v) is 13.5. The smallest absolute Gasteiger partial charge is 0.287 e. The number of nitrogen functional groups attached to an aromatic ring is 1. The molecule has 6 rings (SSSR count). The Kier molecular flexibility index (Phi) is 5.91. The number of fused-ring (bicyclic) bond motifs is 4. The summed E-state index contributed by atoms with van der Waals surface area (Å²) in [5.74, 6) is -0.415. The maximum absolute atomic E-state index is 12.9. The lowest BCUT2D eigenvalue weighted by Gasteiger charge is -2.32. The van der Waals surface area contributed by atoms with Gasteiger partial charge in [0, 0.05) is 24.5 Å². The summed E-state index contributed by atoms with van der Waals surface area (Å²) in [6.07, 6.45) is 7.14. The fourth-order valence-corrected chi connectivity index (χ4v) is 6.78. The molecule has 0 unspecified atom stereocenters. The Morgan fingerprint density at radius 1 is 1.05 bits per heavy atom. The molecule has 2 aliphatic rings. The first-order valence-electron chi connectivity index (χ1n) is 12.7. The van der Waals surface area contributed by atoms with E-state index in [1.165, 1.54) is 29.1 Å². The van der Waals surface area contributed by atoms with Crippen molar-refractivity contribution >= 4 is 38.8 Å². The van der Waals surface area contributed by atoms with E-state index >= 15 is 0 Å². The first-order chi connectivity index (χ1) is 17.9. The number of amides is 1. The second kappa shape index (κ2) is 9.26. The number of H-pyrrole nitrogens is 1. The van der Waals surface area contributed by atoms with Crippen molar-refractivity contribution in [3.63, 3.8) is 0 Å². The van der Waals surface area contributed by atoms with E-state index in [0.29, 0.717) is 29.0 Å². The number of carbonyl (C=O) groups excluding carboxylic acids is 1. The number of aromatic nitrogens is 2. The van der Waals surface area contributed by atoms with E-state index in [4.69, 9.17) is 5.73 Å². The van der Waals surface area contributed by atoms with Gasteiger partial charge < -0.3 is 20.9 Å². The van der Waals surface area contributed by atoms with Crippen LogP contribution in [0.5, 0.6) is 0 Å². The number of aromatic amines is 1. The van der Waals surface area contributed by atoms with E-state index in [-0.39, 0.29) is 23.6 Å². The van der Waals surface area contributed by atoms with Crippen LogP contribution in [0.25, 0.3) is 10.2 Å². The molecule has 1 aliphatic heterocycles. The number of thiophene rings is 1. The highest BCUT2D eigenvalue weighted by molar-refractivity contribution is 7.18. The fourth-order valence-electron chi connectivity index (χ4n) is 5.51. The minimum Gasteiger partial charge on any atom is -0.394 e. The lowest BCUT2D eigenvalue weighted by Crippen LogP contribution is -2.44. The summed E-state index contributed by atoms with van der Waals surface area (Å²) < 4.78 is 0. The zero-order valence-corrected chi connectivity index (χ0v) is 21.1. The third-order valence-corrected chi connectivity index (χ3v) is 8.70. The van der Waals surface area contributed by atoms with E-state index in [0.717, 1.165) is 54.4 Å². The minimum atomic E-state index is -0.615. The number of benzene rings is 1. The third-order valence-electron chi connectivity index (χ3n) is 7.51. The molecular weight excluding hydrogens is 490 g/mol. The van der Waals surface area contributed by atoms with E-state index < -0.39 is 16.8 Å². The van der Waals surface area contributed by atoms with Crippen LogP contribution in [0.2, 0.25) is 0 Å². The summed E-state index contributed by atoms with van der Waals surface area (Å²) in [6, 6.07) is 5.97. The van der Waals surface area contributed by atoms with Gasteiger partial charge in [-0.25, -0.2) is 4.98 Å². The number of aryl methyl sites for hydroxylation is 2. The molecule has 0 bridgehead atoms. The van der Waals surface area contributed by atoms with Gasteiger partial charge >= 0.3 is 0 Å². The molecule has 2 aromatic heterocycles. The lowest BCUT2D eigenvalue weighted by atomic mass is 9.96. The van der Waals surface area contributed by atoms with Gasteiger partial charge in [-0.05, 0) is 54.4 Å². The molecule has 4 aromatic rings. The molecule has 3 heterocycles. The van der Waals surface area contributed by atoms with Crippen LogP contribution in [0.4, 0.5) is 11.4 Å². The number of nitrogens with zero attached hydrogens (tertiary/aromatic N) is 2. The van der Waals surface area contributed by atoms with E-state index in [2.05, 4.69) is 15.3 Å². The summed E-state index contributed by atoms with van der Waals surface area (Å²) in [5.41, 5.74) is 8.87. The normalized spacial score (nSPS) is 15.7. The standard InChI is InChI=1S/C27H27N5O4S/c28-20-21(23(34)22(20)33)32-10-9-15-8-7-14(11-16(15)13-32)12-29-26(36)24-30-25(35)19-17-5-3-1-2-4-6-18(17)37-27(19)31-24/h7-8,11H,1-6,9-10,12-13,28H2,(H,29,36)(H,30,31,35). The zero-order chi connectivity index (χ0) is 25.7. The highest BCUT2D eigenvalue weighted by atomic mass is 32.1. The number of anilines is 2. The van der Waals surface area contributed by atoms with Crippen molar-refractivity contribution in [2.24, 2.45) is 0 Å². The fraction of sp³-hybridized carbons (Fsp3) is 0.370. The Morgan fingerprint density at radius 2 is 1.86 bits per heavy atom. The van der Waals surface area contributed by atoms with Gasteiger partial charge in [-0.1, -0.05) is 31.0 Å². The maximum Gasteiger partial charge on any atom is 0.287 e.